The number of carboxylic acid groups (broad SMARTS) is 1. The van der Waals surface area contributed by atoms with E-state index >= 15 is 0 Å². The second-order valence-electron chi connectivity index (χ2n) is 2.88. The predicted octanol–water partition coefficient (Wildman–Crippen LogP) is 0.851. The van der Waals surface area contributed by atoms with Crippen LogP contribution < -0.4 is 5.56 Å². The average Bonchev–Trinajstić information content (AvgIpc) is 2.13. The Kier molecular flexibility index (Phi) is 2.90. The van der Waals surface area contributed by atoms with Crippen molar-refractivity contribution in [2.75, 3.05) is 0 Å². The summed E-state index contributed by atoms with van der Waals surface area (Å²) in [6.45, 7) is 2.90. The van der Waals surface area contributed by atoms with Gasteiger partial charge in [-0.05, 0) is 13.8 Å². The quantitative estimate of drug-likeness (QED) is 0.796. The first-order valence-corrected chi connectivity index (χ1v) is 4.29. The van der Waals surface area contributed by atoms with Gasteiger partial charge in [-0.3, -0.25) is 4.79 Å². The molecule has 1 N–H and O–H groups in total. The first-order valence-electron chi connectivity index (χ1n) is 3.92. The Morgan fingerprint density at radius 2 is 2.29 bits per heavy atom. The number of aliphatic carboxylic acids is 1. The molecule has 0 saturated carbocycles. The first kappa shape index (κ1) is 10.7. The number of hydrogen-bond acceptors (Lipinski definition) is 3. The Hall–Kier alpha value is -1.36. The van der Waals surface area contributed by atoms with Crippen molar-refractivity contribution in [1.29, 1.82) is 0 Å². The molecule has 0 radical (unpaired) electrons. The van der Waals surface area contributed by atoms with E-state index < -0.39 is 17.6 Å². The largest absolute Gasteiger partial charge is 0.480 e. The van der Waals surface area contributed by atoms with Crippen LogP contribution in [0.2, 0.25) is 5.02 Å². The highest BCUT2D eigenvalue weighted by molar-refractivity contribution is 6.31. The molecule has 0 aromatic carbocycles. The van der Waals surface area contributed by atoms with Gasteiger partial charge >= 0.3 is 5.97 Å². The highest BCUT2D eigenvalue weighted by Crippen LogP contribution is 2.09. The van der Waals surface area contributed by atoms with E-state index in [2.05, 4.69) is 5.10 Å². The third kappa shape index (κ3) is 1.77. The number of nitrogens with zero attached hydrogens (tertiary/aromatic N) is 2. The molecule has 0 fully saturated rings. The standard InChI is InChI=1S/C8H9ClN2O3/c1-4-6(9)3-10-11(7(4)12)5(2)8(13)14/h3,5H,1-2H3,(H,13,14). The van der Waals surface area contributed by atoms with E-state index in [0.717, 1.165) is 4.68 Å². The van der Waals surface area contributed by atoms with Crippen molar-refractivity contribution in [3.8, 4) is 0 Å². The number of aromatic nitrogens is 2. The lowest BCUT2D eigenvalue weighted by Gasteiger charge is -2.09. The van der Waals surface area contributed by atoms with E-state index in [1.807, 2.05) is 0 Å². The van der Waals surface area contributed by atoms with Gasteiger partial charge in [-0.1, -0.05) is 11.6 Å². The zero-order valence-electron chi connectivity index (χ0n) is 7.69. The van der Waals surface area contributed by atoms with Crippen molar-refractivity contribution in [3.05, 3.63) is 27.1 Å². The van der Waals surface area contributed by atoms with Crippen LogP contribution in [-0.2, 0) is 4.79 Å². The Morgan fingerprint density at radius 1 is 1.71 bits per heavy atom. The van der Waals surface area contributed by atoms with Crippen molar-refractivity contribution >= 4 is 17.6 Å². The SMILES string of the molecule is Cc1c(Cl)cnn(C(C)C(=O)O)c1=O. The van der Waals surface area contributed by atoms with E-state index in [1.54, 1.807) is 0 Å². The number of halogens is 1. The molecule has 0 aliphatic heterocycles. The molecule has 0 aliphatic carbocycles. The monoisotopic (exact) mass is 216 g/mol. The molecule has 5 nitrogen and oxygen atoms in total. The Morgan fingerprint density at radius 3 is 2.79 bits per heavy atom. The maximum atomic E-state index is 11.5. The number of carboxylic acids is 1. The summed E-state index contributed by atoms with van der Waals surface area (Å²) in [5.74, 6) is -1.11. The zero-order valence-corrected chi connectivity index (χ0v) is 8.45. The van der Waals surface area contributed by atoms with Crippen LogP contribution in [0.4, 0.5) is 0 Å². The van der Waals surface area contributed by atoms with Gasteiger partial charge in [0.2, 0.25) is 0 Å². The summed E-state index contributed by atoms with van der Waals surface area (Å²) < 4.78 is 0.892. The molecule has 0 aliphatic rings. The molecule has 0 saturated heterocycles. The minimum Gasteiger partial charge on any atom is -0.480 e. The topological polar surface area (TPSA) is 72.2 Å². The number of rotatable bonds is 2. The van der Waals surface area contributed by atoms with Crippen LogP contribution in [0.15, 0.2) is 11.0 Å². The van der Waals surface area contributed by atoms with Gasteiger partial charge in [0.25, 0.3) is 5.56 Å². The van der Waals surface area contributed by atoms with Crippen LogP contribution in [-0.4, -0.2) is 20.9 Å². The second-order valence-corrected chi connectivity index (χ2v) is 3.29. The molecule has 1 unspecified atom stereocenters. The molecule has 0 amide bonds. The van der Waals surface area contributed by atoms with E-state index in [9.17, 15) is 9.59 Å². The van der Waals surface area contributed by atoms with Crippen molar-refractivity contribution in [1.82, 2.24) is 9.78 Å². The zero-order chi connectivity index (χ0) is 10.9. The smallest absolute Gasteiger partial charge is 0.328 e. The lowest BCUT2D eigenvalue weighted by molar-refractivity contribution is -0.140. The van der Waals surface area contributed by atoms with Crippen LogP contribution in [0.1, 0.15) is 18.5 Å². The Labute approximate surface area is 84.9 Å². The van der Waals surface area contributed by atoms with E-state index in [-0.39, 0.29) is 5.02 Å². The van der Waals surface area contributed by atoms with E-state index in [1.165, 1.54) is 20.0 Å². The van der Waals surface area contributed by atoms with Crippen LogP contribution in [0.5, 0.6) is 0 Å². The second kappa shape index (κ2) is 3.79. The molecule has 1 rings (SSSR count). The molecule has 0 bridgehead atoms. The maximum absolute atomic E-state index is 11.5. The molecule has 76 valence electrons. The predicted molar refractivity (Wildman–Crippen MR) is 50.6 cm³/mol. The van der Waals surface area contributed by atoms with Gasteiger partial charge in [0.15, 0.2) is 6.04 Å². The lowest BCUT2D eigenvalue weighted by atomic mass is 10.3. The molecule has 14 heavy (non-hydrogen) atoms. The number of carbonyl (C=O) groups is 1. The summed E-state index contributed by atoms with van der Waals surface area (Å²) in [6, 6.07) is -0.988. The number of hydrogen-bond donors (Lipinski definition) is 1. The van der Waals surface area contributed by atoms with Gasteiger partial charge in [0.1, 0.15) is 0 Å². The van der Waals surface area contributed by atoms with Gasteiger partial charge in [-0.25, -0.2) is 9.48 Å². The fourth-order valence-corrected chi connectivity index (χ4v) is 1.04. The molecule has 1 heterocycles. The third-order valence-electron chi connectivity index (χ3n) is 1.91. The molecule has 6 heteroatoms. The summed E-state index contributed by atoms with van der Waals surface area (Å²) in [5, 5.41) is 12.6. The average molecular weight is 217 g/mol. The molecule has 0 spiro atoms. The lowest BCUT2D eigenvalue weighted by Crippen LogP contribution is -2.31. The summed E-state index contributed by atoms with van der Waals surface area (Å²) in [4.78, 5) is 22.1. The van der Waals surface area contributed by atoms with Gasteiger partial charge in [-0.15, -0.1) is 0 Å². The molecule has 1 aromatic rings. The van der Waals surface area contributed by atoms with Crippen molar-refractivity contribution in [2.24, 2.45) is 0 Å². The van der Waals surface area contributed by atoms with Gasteiger partial charge in [0.05, 0.1) is 11.2 Å². The van der Waals surface area contributed by atoms with E-state index in [0.29, 0.717) is 5.56 Å². The minimum atomic E-state index is -1.11. The first-order chi connectivity index (χ1) is 6.45. The van der Waals surface area contributed by atoms with Gasteiger partial charge in [-0.2, -0.15) is 5.10 Å². The Bertz CT molecular complexity index is 427. The van der Waals surface area contributed by atoms with Crippen LogP contribution in [0.3, 0.4) is 0 Å². The molecular formula is C8H9ClN2O3. The normalized spacial score (nSPS) is 12.5. The van der Waals surface area contributed by atoms with E-state index in [4.69, 9.17) is 16.7 Å². The molecular weight excluding hydrogens is 208 g/mol. The Balaban J connectivity index is 3.32. The minimum absolute atomic E-state index is 0.240. The summed E-state index contributed by atoms with van der Waals surface area (Å²) >= 11 is 5.65. The highest BCUT2D eigenvalue weighted by Gasteiger charge is 2.17. The van der Waals surface area contributed by atoms with Gasteiger partial charge < -0.3 is 5.11 Å². The highest BCUT2D eigenvalue weighted by atomic mass is 35.5. The maximum Gasteiger partial charge on any atom is 0.328 e. The summed E-state index contributed by atoms with van der Waals surface area (Å²) in [5.41, 5.74) is -0.179. The van der Waals surface area contributed by atoms with Crippen molar-refractivity contribution in [3.63, 3.8) is 0 Å². The third-order valence-corrected chi connectivity index (χ3v) is 2.29. The van der Waals surface area contributed by atoms with Crippen LogP contribution in [0, 0.1) is 6.92 Å². The van der Waals surface area contributed by atoms with Crippen LogP contribution in [0.25, 0.3) is 0 Å². The summed E-state index contributed by atoms with van der Waals surface area (Å²) in [6.07, 6.45) is 1.26. The fourth-order valence-electron chi connectivity index (χ4n) is 0.917. The molecule has 1 atom stereocenters. The fraction of sp³-hybridized carbons (Fsp3) is 0.375. The van der Waals surface area contributed by atoms with Crippen molar-refractivity contribution in [2.45, 2.75) is 19.9 Å². The summed E-state index contributed by atoms with van der Waals surface area (Å²) in [7, 11) is 0. The van der Waals surface area contributed by atoms with Crippen LogP contribution >= 0.6 is 11.6 Å². The molecule has 1 aromatic heterocycles. The van der Waals surface area contributed by atoms with Crippen molar-refractivity contribution < 1.29 is 9.90 Å². The van der Waals surface area contributed by atoms with Gasteiger partial charge in [0, 0.05) is 5.56 Å².